The SMILES string of the molecule is C=CCNC(=NCC(O)c1cc(OC)ccc1OC)NCC. The third-order valence-corrected chi connectivity index (χ3v) is 2.98. The van der Waals surface area contributed by atoms with Gasteiger partial charge in [0, 0.05) is 18.7 Å². The van der Waals surface area contributed by atoms with Gasteiger partial charge in [-0.25, -0.2) is 0 Å². The number of hydrogen-bond donors (Lipinski definition) is 3. The molecular formula is C16H25N3O3. The van der Waals surface area contributed by atoms with Gasteiger partial charge >= 0.3 is 0 Å². The third kappa shape index (κ3) is 5.29. The predicted octanol–water partition coefficient (Wildman–Crippen LogP) is 1.48. The number of aliphatic hydroxyl groups excluding tert-OH is 1. The minimum Gasteiger partial charge on any atom is -0.497 e. The summed E-state index contributed by atoms with van der Waals surface area (Å²) in [7, 11) is 3.15. The van der Waals surface area contributed by atoms with Crippen LogP contribution in [-0.2, 0) is 0 Å². The molecule has 0 radical (unpaired) electrons. The summed E-state index contributed by atoms with van der Waals surface area (Å²) < 4.78 is 10.5. The van der Waals surface area contributed by atoms with E-state index in [1.54, 1.807) is 38.5 Å². The summed E-state index contributed by atoms with van der Waals surface area (Å²) in [4.78, 5) is 4.36. The van der Waals surface area contributed by atoms with Gasteiger partial charge in [-0.3, -0.25) is 4.99 Å². The largest absolute Gasteiger partial charge is 0.497 e. The van der Waals surface area contributed by atoms with Crippen molar-refractivity contribution in [2.24, 2.45) is 4.99 Å². The van der Waals surface area contributed by atoms with Crippen LogP contribution in [0.3, 0.4) is 0 Å². The quantitative estimate of drug-likeness (QED) is 0.385. The van der Waals surface area contributed by atoms with Gasteiger partial charge in [-0.1, -0.05) is 6.08 Å². The maximum absolute atomic E-state index is 10.4. The molecule has 0 aliphatic heterocycles. The van der Waals surface area contributed by atoms with Crippen molar-refractivity contribution >= 4 is 5.96 Å². The standard InChI is InChI=1S/C16H25N3O3/c1-5-9-18-16(17-6-2)19-11-14(20)13-10-12(21-3)7-8-15(13)22-4/h5,7-8,10,14,20H,1,6,9,11H2,2-4H3,(H2,17,18,19). The average Bonchev–Trinajstić information content (AvgIpc) is 2.56. The third-order valence-electron chi connectivity index (χ3n) is 2.98. The number of benzene rings is 1. The molecule has 1 unspecified atom stereocenters. The molecule has 0 aromatic heterocycles. The molecule has 0 heterocycles. The zero-order chi connectivity index (χ0) is 16.4. The molecule has 6 nitrogen and oxygen atoms in total. The molecule has 0 fully saturated rings. The van der Waals surface area contributed by atoms with Gasteiger partial charge in [0.1, 0.15) is 17.6 Å². The highest BCUT2D eigenvalue weighted by Crippen LogP contribution is 2.29. The Bertz CT molecular complexity index is 503. The fraction of sp³-hybridized carbons (Fsp3) is 0.438. The van der Waals surface area contributed by atoms with Crippen LogP contribution in [0.25, 0.3) is 0 Å². The molecule has 122 valence electrons. The van der Waals surface area contributed by atoms with Crippen molar-refractivity contribution in [2.45, 2.75) is 13.0 Å². The van der Waals surface area contributed by atoms with Crippen molar-refractivity contribution in [1.82, 2.24) is 10.6 Å². The minimum atomic E-state index is -0.788. The highest BCUT2D eigenvalue weighted by molar-refractivity contribution is 5.79. The summed E-state index contributed by atoms with van der Waals surface area (Å²) in [5, 5.41) is 16.6. The fourth-order valence-corrected chi connectivity index (χ4v) is 1.89. The Morgan fingerprint density at radius 3 is 2.73 bits per heavy atom. The van der Waals surface area contributed by atoms with Gasteiger partial charge < -0.3 is 25.2 Å². The summed E-state index contributed by atoms with van der Waals surface area (Å²) in [6.45, 7) is 7.17. The van der Waals surface area contributed by atoms with Crippen LogP contribution in [0.5, 0.6) is 11.5 Å². The van der Waals surface area contributed by atoms with Crippen LogP contribution in [0.15, 0.2) is 35.8 Å². The van der Waals surface area contributed by atoms with E-state index >= 15 is 0 Å². The van der Waals surface area contributed by atoms with Crippen LogP contribution in [0.2, 0.25) is 0 Å². The van der Waals surface area contributed by atoms with Crippen LogP contribution >= 0.6 is 0 Å². The first-order valence-electron chi connectivity index (χ1n) is 7.19. The van der Waals surface area contributed by atoms with Crippen molar-refractivity contribution in [1.29, 1.82) is 0 Å². The number of aliphatic hydroxyl groups is 1. The molecule has 22 heavy (non-hydrogen) atoms. The molecule has 0 saturated carbocycles. The molecule has 6 heteroatoms. The lowest BCUT2D eigenvalue weighted by Gasteiger charge is -2.15. The Hall–Kier alpha value is -2.21. The van der Waals surface area contributed by atoms with E-state index in [1.165, 1.54) is 0 Å². The van der Waals surface area contributed by atoms with Gasteiger partial charge in [-0.05, 0) is 25.1 Å². The number of nitrogens with zero attached hydrogens (tertiary/aromatic N) is 1. The molecule has 0 bridgehead atoms. The monoisotopic (exact) mass is 307 g/mol. The number of ether oxygens (including phenoxy) is 2. The van der Waals surface area contributed by atoms with E-state index in [9.17, 15) is 5.11 Å². The number of hydrogen-bond acceptors (Lipinski definition) is 4. The highest BCUT2D eigenvalue weighted by atomic mass is 16.5. The van der Waals surface area contributed by atoms with Crippen molar-refractivity contribution in [3.8, 4) is 11.5 Å². The molecule has 0 spiro atoms. The Balaban J connectivity index is 2.85. The lowest BCUT2D eigenvalue weighted by atomic mass is 10.1. The van der Waals surface area contributed by atoms with Crippen LogP contribution in [-0.4, -0.2) is 44.9 Å². The van der Waals surface area contributed by atoms with E-state index in [2.05, 4.69) is 22.2 Å². The second kappa shape index (κ2) is 9.68. The van der Waals surface area contributed by atoms with Gasteiger partial charge in [0.2, 0.25) is 0 Å². The zero-order valence-electron chi connectivity index (χ0n) is 13.4. The molecule has 1 aromatic carbocycles. The maximum Gasteiger partial charge on any atom is 0.191 e. The highest BCUT2D eigenvalue weighted by Gasteiger charge is 2.14. The Morgan fingerprint density at radius 2 is 2.14 bits per heavy atom. The second-order valence-electron chi connectivity index (χ2n) is 4.51. The van der Waals surface area contributed by atoms with Gasteiger partial charge in [-0.2, -0.15) is 0 Å². The van der Waals surface area contributed by atoms with Crippen LogP contribution < -0.4 is 20.1 Å². The van der Waals surface area contributed by atoms with E-state index in [0.717, 1.165) is 6.54 Å². The number of methoxy groups -OCH3 is 2. The van der Waals surface area contributed by atoms with Crippen molar-refractivity contribution in [3.05, 3.63) is 36.4 Å². The number of nitrogens with one attached hydrogen (secondary N) is 2. The fourth-order valence-electron chi connectivity index (χ4n) is 1.89. The predicted molar refractivity (Wildman–Crippen MR) is 88.7 cm³/mol. The maximum atomic E-state index is 10.4. The van der Waals surface area contributed by atoms with Crippen LogP contribution in [0.4, 0.5) is 0 Å². The summed E-state index contributed by atoms with van der Waals surface area (Å²) in [6, 6.07) is 5.30. The lowest BCUT2D eigenvalue weighted by Crippen LogP contribution is -2.37. The lowest BCUT2D eigenvalue weighted by molar-refractivity contribution is 0.182. The molecule has 1 rings (SSSR count). The molecule has 3 N–H and O–H groups in total. The zero-order valence-corrected chi connectivity index (χ0v) is 13.4. The normalized spacial score (nSPS) is 12.5. The van der Waals surface area contributed by atoms with Crippen molar-refractivity contribution < 1.29 is 14.6 Å². The first-order chi connectivity index (χ1) is 10.7. The van der Waals surface area contributed by atoms with E-state index in [0.29, 0.717) is 29.6 Å². The number of guanidine groups is 1. The summed E-state index contributed by atoms with van der Waals surface area (Å²) in [5.74, 6) is 1.89. The van der Waals surface area contributed by atoms with E-state index in [1.807, 2.05) is 6.92 Å². The number of rotatable bonds is 8. The summed E-state index contributed by atoms with van der Waals surface area (Å²) >= 11 is 0. The van der Waals surface area contributed by atoms with Gasteiger partial charge in [0.15, 0.2) is 5.96 Å². The molecule has 0 saturated heterocycles. The minimum absolute atomic E-state index is 0.204. The topological polar surface area (TPSA) is 75.1 Å². The Kier molecular flexibility index (Phi) is 7.85. The Labute approximate surface area is 131 Å². The summed E-state index contributed by atoms with van der Waals surface area (Å²) in [5.41, 5.74) is 0.644. The van der Waals surface area contributed by atoms with E-state index < -0.39 is 6.10 Å². The first-order valence-corrected chi connectivity index (χ1v) is 7.19. The van der Waals surface area contributed by atoms with Gasteiger partial charge in [0.25, 0.3) is 0 Å². The van der Waals surface area contributed by atoms with E-state index in [4.69, 9.17) is 9.47 Å². The van der Waals surface area contributed by atoms with Crippen LogP contribution in [0, 0.1) is 0 Å². The molecular weight excluding hydrogens is 282 g/mol. The average molecular weight is 307 g/mol. The molecule has 0 aliphatic rings. The van der Waals surface area contributed by atoms with Crippen molar-refractivity contribution in [3.63, 3.8) is 0 Å². The molecule has 0 amide bonds. The van der Waals surface area contributed by atoms with E-state index in [-0.39, 0.29) is 6.54 Å². The van der Waals surface area contributed by atoms with Crippen LogP contribution in [0.1, 0.15) is 18.6 Å². The molecule has 1 atom stereocenters. The second-order valence-corrected chi connectivity index (χ2v) is 4.51. The molecule has 0 aliphatic carbocycles. The Morgan fingerprint density at radius 1 is 1.36 bits per heavy atom. The molecule has 1 aromatic rings. The first kappa shape index (κ1) is 17.8. The summed E-state index contributed by atoms with van der Waals surface area (Å²) in [6.07, 6.45) is 0.957. The van der Waals surface area contributed by atoms with Gasteiger partial charge in [0.05, 0.1) is 20.8 Å². The van der Waals surface area contributed by atoms with Gasteiger partial charge in [-0.15, -0.1) is 6.58 Å². The number of aliphatic imine (C=N–C) groups is 1. The van der Waals surface area contributed by atoms with Crippen molar-refractivity contribution in [2.75, 3.05) is 33.9 Å². The smallest absolute Gasteiger partial charge is 0.191 e.